The van der Waals surface area contributed by atoms with Crippen LogP contribution in [0.25, 0.3) is 0 Å². The maximum atomic E-state index is 13.0. The summed E-state index contributed by atoms with van der Waals surface area (Å²) in [5.41, 5.74) is 2.26. The number of nitrogens with one attached hydrogen (secondary N) is 3. The fourth-order valence-corrected chi connectivity index (χ4v) is 3.51. The first-order chi connectivity index (χ1) is 15.3. The van der Waals surface area contributed by atoms with Gasteiger partial charge in [0.25, 0.3) is 0 Å². The van der Waals surface area contributed by atoms with Crippen molar-refractivity contribution in [3.05, 3.63) is 41.1 Å². The van der Waals surface area contributed by atoms with Gasteiger partial charge in [-0.2, -0.15) is 0 Å². The van der Waals surface area contributed by atoms with Crippen molar-refractivity contribution in [3.63, 3.8) is 0 Å². The molecule has 0 saturated heterocycles. The van der Waals surface area contributed by atoms with Crippen LogP contribution in [0.5, 0.6) is 0 Å². The number of amides is 4. The molecule has 0 radical (unpaired) electrons. The number of carbonyl (C=O) groups excluding carboxylic acids is 3. The third-order valence-corrected chi connectivity index (χ3v) is 5.19. The molecule has 1 aromatic carbocycles. The van der Waals surface area contributed by atoms with E-state index in [4.69, 9.17) is 4.74 Å². The lowest BCUT2D eigenvalue weighted by atomic mass is 9.94. The van der Waals surface area contributed by atoms with Crippen LogP contribution in [0, 0.1) is 0 Å². The molecule has 1 aliphatic rings. The number of benzene rings is 1. The quantitative estimate of drug-likeness (QED) is 0.360. The van der Waals surface area contributed by atoms with Gasteiger partial charge in [-0.25, -0.2) is 14.4 Å². The maximum Gasteiger partial charge on any atom is 0.338 e. The Morgan fingerprint density at radius 1 is 1.19 bits per heavy atom. The molecule has 1 aromatic rings. The minimum Gasteiger partial charge on any atom is -0.459 e. The van der Waals surface area contributed by atoms with Gasteiger partial charge in [-0.15, -0.1) is 0 Å². The molecular weight excluding hydrogens is 408 g/mol. The van der Waals surface area contributed by atoms with E-state index in [0.717, 1.165) is 25.7 Å². The summed E-state index contributed by atoms with van der Waals surface area (Å²) < 4.78 is 5.50. The lowest BCUT2D eigenvalue weighted by Gasteiger charge is -2.35. The second-order valence-electron chi connectivity index (χ2n) is 8.20. The molecule has 1 unspecified atom stereocenters. The molecule has 8 heteroatoms. The molecule has 3 N–H and O–H groups in total. The summed E-state index contributed by atoms with van der Waals surface area (Å²) >= 11 is 0. The zero-order valence-electron chi connectivity index (χ0n) is 19.8. The van der Waals surface area contributed by atoms with Crippen molar-refractivity contribution in [1.29, 1.82) is 0 Å². The highest BCUT2D eigenvalue weighted by Gasteiger charge is 2.36. The zero-order valence-corrected chi connectivity index (χ0v) is 19.8. The highest BCUT2D eigenvalue weighted by Crippen LogP contribution is 2.32. The second-order valence-corrected chi connectivity index (χ2v) is 8.20. The average Bonchev–Trinajstić information content (AvgIpc) is 2.73. The molecule has 0 spiro atoms. The van der Waals surface area contributed by atoms with Crippen molar-refractivity contribution in [1.82, 2.24) is 15.5 Å². The number of hydrogen-bond donors (Lipinski definition) is 3. The van der Waals surface area contributed by atoms with Gasteiger partial charge < -0.3 is 20.7 Å². The summed E-state index contributed by atoms with van der Waals surface area (Å²) in [5, 5.41) is 8.57. The summed E-state index contributed by atoms with van der Waals surface area (Å²) in [6.45, 7) is 10.6. The summed E-state index contributed by atoms with van der Waals surface area (Å²) in [6, 6.07) is 5.93. The number of ether oxygens (including phenoxy) is 1. The number of nitrogens with zero attached hydrogens (tertiary/aromatic N) is 1. The minimum atomic E-state index is -0.670. The summed E-state index contributed by atoms with van der Waals surface area (Å²) in [7, 11) is 0. The average molecular weight is 445 g/mol. The topological polar surface area (TPSA) is 99.8 Å². The van der Waals surface area contributed by atoms with Gasteiger partial charge in [-0.1, -0.05) is 38.8 Å². The van der Waals surface area contributed by atoms with Crippen LogP contribution in [0.3, 0.4) is 0 Å². The van der Waals surface area contributed by atoms with Crippen molar-refractivity contribution in [2.45, 2.75) is 72.4 Å². The Kier molecular flexibility index (Phi) is 9.56. The van der Waals surface area contributed by atoms with Crippen molar-refractivity contribution < 1.29 is 19.1 Å². The number of unbranched alkanes of at least 4 members (excludes halogenated alkanes) is 2. The van der Waals surface area contributed by atoms with Gasteiger partial charge in [0.1, 0.15) is 0 Å². The first-order valence-electron chi connectivity index (χ1n) is 11.4. The lowest BCUT2D eigenvalue weighted by Crippen LogP contribution is -2.48. The number of anilines is 1. The van der Waals surface area contributed by atoms with E-state index >= 15 is 0 Å². The Hall–Kier alpha value is -3.03. The minimum absolute atomic E-state index is 0.252. The standard InChI is InChI=1S/C24H36N4O4/c1-6-8-13-25-23(30)26-19-12-10-11-18(15-19)21-20(22(29)32-16(3)4)17(5)28(14-9-7-2)24(31)27-21/h10-12,15-16,21H,6-9,13-14H2,1-5H3,(H,27,31)(H2,25,26,30). The molecule has 0 aromatic heterocycles. The van der Waals surface area contributed by atoms with Crippen molar-refractivity contribution in [3.8, 4) is 0 Å². The number of rotatable bonds is 10. The smallest absolute Gasteiger partial charge is 0.338 e. The number of allylic oxidation sites excluding steroid dienone is 1. The summed E-state index contributed by atoms with van der Waals surface area (Å²) in [6.07, 6.45) is 3.37. The lowest BCUT2D eigenvalue weighted by molar-refractivity contribution is -0.143. The van der Waals surface area contributed by atoms with Crippen LogP contribution in [0.2, 0.25) is 0 Å². The van der Waals surface area contributed by atoms with E-state index in [1.807, 2.05) is 6.07 Å². The van der Waals surface area contributed by atoms with Crippen LogP contribution in [0.4, 0.5) is 15.3 Å². The SMILES string of the molecule is CCCCNC(=O)Nc1cccc(C2NC(=O)N(CCCC)C(C)=C2C(=O)OC(C)C)c1. The fourth-order valence-electron chi connectivity index (χ4n) is 3.51. The number of carbonyl (C=O) groups is 3. The molecule has 0 bridgehead atoms. The van der Waals surface area contributed by atoms with Crippen LogP contribution in [0.15, 0.2) is 35.5 Å². The van der Waals surface area contributed by atoms with Crippen LogP contribution in [-0.2, 0) is 9.53 Å². The molecule has 2 rings (SSSR count). The largest absolute Gasteiger partial charge is 0.459 e. The monoisotopic (exact) mass is 444 g/mol. The molecule has 4 amide bonds. The van der Waals surface area contributed by atoms with Crippen molar-refractivity contribution >= 4 is 23.7 Å². The van der Waals surface area contributed by atoms with Gasteiger partial charge in [-0.05, 0) is 51.3 Å². The first kappa shape index (κ1) is 25.2. The molecule has 0 saturated carbocycles. The van der Waals surface area contributed by atoms with Crippen LogP contribution < -0.4 is 16.0 Å². The van der Waals surface area contributed by atoms with Crippen molar-refractivity contribution in [2.75, 3.05) is 18.4 Å². The number of esters is 1. The predicted molar refractivity (Wildman–Crippen MR) is 125 cm³/mol. The molecule has 1 heterocycles. The van der Waals surface area contributed by atoms with Gasteiger partial charge in [0, 0.05) is 24.5 Å². The van der Waals surface area contributed by atoms with Crippen LogP contribution in [-0.4, -0.2) is 42.1 Å². The Balaban J connectivity index is 2.34. The molecular formula is C24H36N4O4. The molecule has 0 aliphatic carbocycles. The number of hydrogen-bond acceptors (Lipinski definition) is 4. The van der Waals surface area contributed by atoms with E-state index in [2.05, 4.69) is 29.8 Å². The van der Waals surface area contributed by atoms with E-state index in [0.29, 0.717) is 35.6 Å². The van der Waals surface area contributed by atoms with Gasteiger partial charge >= 0.3 is 18.0 Å². The third-order valence-electron chi connectivity index (χ3n) is 5.19. The van der Waals surface area contributed by atoms with Crippen molar-refractivity contribution in [2.24, 2.45) is 0 Å². The molecule has 0 fully saturated rings. The van der Waals surface area contributed by atoms with Gasteiger partial charge in [0.15, 0.2) is 0 Å². The predicted octanol–water partition coefficient (Wildman–Crippen LogP) is 4.70. The molecule has 1 atom stereocenters. The van der Waals surface area contributed by atoms with E-state index in [1.54, 1.807) is 43.9 Å². The first-order valence-corrected chi connectivity index (χ1v) is 11.4. The fraction of sp³-hybridized carbons (Fsp3) is 0.542. The van der Waals surface area contributed by atoms with Gasteiger partial charge in [0.2, 0.25) is 0 Å². The van der Waals surface area contributed by atoms with Gasteiger partial charge in [0.05, 0.1) is 17.7 Å². The number of urea groups is 2. The Morgan fingerprint density at radius 3 is 2.56 bits per heavy atom. The maximum absolute atomic E-state index is 13.0. The Bertz CT molecular complexity index is 850. The van der Waals surface area contributed by atoms with Crippen LogP contribution in [0.1, 0.15) is 71.9 Å². The zero-order chi connectivity index (χ0) is 23.7. The summed E-state index contributed by atoms with van der Waals surface area (Å²) in [5.74, 6) is -0.459. The molecule has 176 valence electrons. The third kappa shape index (κ3) is 6.73. The van der Waals surface area contributed by atoms with Gasteiger partial charge in [-0.3, -0.25) is 4.90 Å². The molecule has 8 nitrogen and oxygen atoms in total. The highest BCUT2D eigenvalue weighted by molar-refractivity contribution is 5.95. The van der Waals surface area contributed by atoms with E-state index in [9.17, 15) is 14.4 Å². The second kappa shape index (κ2) is 12.1. The van der Waals surface area contributed by atoms with E-state index in [-0.39, 0.29) is 18.2 Å². The van der Waals surface area contributed by atoms with E-state index < -0.39 is 12.0 Å². The molecule has 1 aliphatic heterocycles. The van der Waals surface area contributed by atoms with Crippen LogP contribution >= 0.6 is 0 Å². The van der Waals surface area contributed by atoms with E-state index in [1.165, 1.54) is 0 Å². The Labute approximate surface area is 190 Å². The summed E-state index contributed by atoms with van der Waals surface area (Å²) in [4.78, 5) is 39.6. The Morgan fingerprint density at radius 2 is 1.91 bits per heavy atom. The normalized spacial score (nSPS) is 16.1. The highest BCUT2D eigenvalue weighted by atomic mass is 16.5. The molecule has 32 heavy (non-hydrogen) atoms.